The summed E-state index contributed by atoms with van der Waals surface area (Å²) in [6.07, 6.45) is 0. The van der Waals surface area contributed by atoms with Crippen LogP contribution in [0, 0.1) is 0 Å². The average molecular weight is 257 g/mol. The molecule has 0 aliphatic carbocycles. The van der Waals surface area contributed by atoms with E-state index in [4.69, 9.17) is 4.74 Å². The molecule has 0 aliphatic rings. The van der Waals surface area contributed by atoms with Crippen molar-refractivity contribution in [3.63, 3.8) is 0 Å². The van der Waals surface area contributed by atoms with E-state index in [1.54, 1.807) is 19.2 Å². The van der Waals surface area contributed by atoms with E-state index < -0.39 is 11.0 Å². The summed E-state index contributed by atoms with van der Waals surface area (Å²) < 4.78 is 19.3. The molecule has 96 valence electrons. The first kappa shape index (κ1) is 14.0. The predicted molar refractivity (Wildman–Crippen MR) is 69.4 cm³/mol. The van der Waals surface area contributed by atoms with Gasteiger partial charge in [0.05, 0.1) is 22.8 Å². The van der Waals surface area contributed by atoms with E-state index in [0.29, 0.717) is 17.9 Å². The molecule has 0 aliphatic heterocycles. The zero-order chi connectivity index (χ0) is 13.1. The summed E-state index contributed by atoms with van der Waals surface area (Å²) in [6.45, 7) is 6.04. The molecule has 0 spiro atoms. The maximum absolute atomic E-state index is 11.8. The first-order chi connectivity index (χ1) is 7.84. The summed E-state index contributed by atoms with van der Waals surface area (Å²) in [4.78, 5) is 0. The van der Waals surface area contributed by atoms with Crippen molar-refractivity contribution < 1.29 is 14.1 Å². The molecule has 2 N–H and O–H groups in total. The van der Waals surface area contributed by atoms with Crippen molar-refractivity contribution in [2.75, 3.05) is 7.11 Å². The Bertz CT molecular complexity index is 413. The molecule has 0 bridgehead atoms. The standard InChI is InChI=1S/C12H19NO3S/c1-12(2,3)17(15)13-8-9-5-6-10(16-4)7-11(9)14/h5-7,13-14H,8H2,1-4H3. The minimum Gasteiger partial charge on any atom is -0.507 e. The molecule has 0 radical (unpaired) electrons. The fourth-order valence-corrected chi connectivity index (χ4v) is 1.90. The number of nitrogens with one attached hydrogen (secondary N) is 1. The van der Waals surface area contributed by atoms with Crippen LogP contribution < -0.4 is 9.46 Å². The Labute approximate surface area is 105 Å². The molecule has 5 heteroatoms. The largest absolute Gasteiger partial charge is 0.507 e. The molecule has 4 nitrogen and oxygen atoms in total. The Morgan fingerprint density at radius 3 is 2.53 bits per heavy atom. The Morgan fingerprint density at radius 1 is 1.41 bits per heavy atom. The van der Waals surface area contributed by atoms with Gasteiger partial charge in [0.2, 0.25) is 0 Å². The highest BCUT2D eigenvalue weighted by atomic mass is 32.2. The number of methoxy groups -OCH3 is 1. The second kappa shape index (κ2) is 5.51. The van der Waals surface area contributed by atoms with Gasteiger partial charge in [0.1, 0.15) is 11.5 Å². The number of phenols is 1. The number of ether oxygens (including phenoxy) is 1. The normalized spacial score (nSPS) is 13.4. The van der Waals surface area contributed by atoms with E-state index >= 15 is 0 Å². The SMILES string of the molecule is COc1ccc(CNS(=O)C(C)(C)C)c(O)c1. The minimum atomic E-state index is -1.15. The van der Waals surface area contributed by atoms with Crippen LogP contribution in [0.2, 0.25) is 0 Å². The maximum atomic E-state index is 11.8. The highest BCUT2D eigenvalue weighted by molar-refractivity contribution is 7.84. The van der Waals surface area contributed by atoms with Crippen LogP contribution in [0.1, 0.15) is 26.3 Å². The summed E-state index contributed by atoms with van der Waals surface area (Å²) in [5.41, 5.74) is 0.698. The van der Waals surface area contributed by atoms with Crippen LogP contribution in [-0.2, 0) is 17.5 Å². The highest BCUT2D eigenvalue weighted by Crippen LogP contribution is 2.23. The molecule has 0 fully saturated rings. The fraction of sp³-hybridized carbons (Fsp3) is 0.500. The van der Waals surface area contributed by atoms with Gasteiger partial charge < -0.3 is 9.84 Å². The summed E-state index contributed by atoms with van der Waals surface area (Å²) in [5, 5.41) is 9.72. The van der Waals surface area contributed by atoms with Crippen molar-refractivity contribution in [2.45, 2.75) is 32.1 Å². The Balaban J connectivity index is 2.67. The molecule has 17 heavy (non-hydrogen) atoms. The molecular formula is C12H19NO3S. The van der Waals surface area contributed by atoms with Crippen molar-refractivity contribution in [1.29, 1.82) is 0 Å². The lowest BCUT2D eigenvalue weighted by atomic mass is 10.2. The third-order valence-corrected chi connectivity index (χ3v) is 3.76. The minimum absolute atomic E-state index is 0.141. The van der Waals surface area contributed by atoms with Crippen LogP contribution in [0.4, 0.5) is 0 Å². The lowest BCUT2D eigenvalue weighted by Crippen LogP contribution is -2.32. The molecule has 1 atom stereocenters. The summed E-state index contributed by atoms with van der Waals surface area (Å²) in [6, 6.07) is 5.05. The lowest BCUT2D eigenvalue weighted by molar-refractivity contribution is 0.406. The predicted octanol–water partition coefficient (Wildman–Crippen LogP) is 1.95. The van der Waals surface area contributed by atoms with Crippen molar-refractivity contribution in [3.8, 4) is 11.5 Å². The molecule has 0 aromatic heterocycles. The van der Waals surface area contributed by atoms with Crippen molar-refractivity contribution in [3.05, 3.63) is 23.8 Å². The number of hydrogen-bond donors (Lipinski definition) is 2. The molecule has 1 rings (SSSR count). The zero-order valence-corrected chi connectivity index (χ0v) is 11.4. The van der Waals surface area contributed by atoms with Gasteiger partial charge in [-0.2, -0.15) is 0 Å². The molecule has 0 amide bonds. The molecule has 0 heterocycles. The highest BCUT2D eigenvalue weighted by Gasteiger charge is 2.19. The zero-order valence-electron chi connectivity index (χ0n) is 10.6. The van der Waals surface area contributed by atoms with Gasteiger partial charge in [-0.05, 0) is 26.8 Å². The maximum Gasteiger partial charge on any atom is 0.123 e. The van der Waals surface area contributed by atoms with Gasteiger partial charge >= 0.3 is 0 Å². The van der Waals surface area contributed by atoms with Crippen molar-refractivity contribution >= 4 is 11.0 Å². The van der Waals surface area contributed by atoms with E-state index in [1.165, 1.54) is 6.07 Å². The van der Waals surface area contributed by atoms with E-state index in [0.717, 1.165) is 0 Å². The Morgan fingerprint density at radius 2 is 2.06 bits per heavy atom. The molecular weight excluding hydrogens is 238 g/mol. The van der Waals surface area contributed by atoms with Gasteiger partial charge in [0.25, 0.3) is 0 Å². The Hall–Kier alpha value is -1.07. The first-order valence-electron chi connectivity index (χ1n) is 5.36. The van der Waals surface area contributed by atoms with Gasteiger partial charge in [0, 0.05) is 18.2 Å². The van der Waals surface area contributed by atoms with Crippen molar-refractivity contribution in [2.24, 2.45) is 0 Å². The first-order valence-corrected chi connectivity index (χ1v) is 6.51. The molecule has 0 saturated heterocycles. The average Bonchev–Trinajstić information content (AvgIpc) is 2.25. The molecule has 0 saturated carbocycles. The van der Waals surface area contributed by atoms with Crippen LogP contribution in [0.3, 0.4) is 0 Å². The van der Waals surface area contributed by atoms with E-state index in [1.807, 2.05) is 20.8 Å². The van der Waals surface area contributed by atoms with E-state index in [9.17, 15) is 9.32 Å². The lowest BCUT2D eigenvalue weighted by Gasteiger charge is -2.18. The van der Waals surface area contributed by atoms with Gasteiger partial charge in [-0.15, -0.1) is 0 Å². The number of benzene rings is 1. The fourth-order valence-electron chi connectivity index (χ4n) is 1.18. The van der Waals surface area contributed by atoms with Crippen LogP contribution in [0.25, 0.3) is 0 Å². The van der Waals surface area contributed by atoms with Crippen LogP contribution in [-0.4, -0.2) is 21.2 Å². The molecule has 1 aromatic rings. The summed E-state index contributed by atoms with van der Waals surface area (Å²) in [7, 11) is 0.397. The molecule has 1 unspecified atom stereocenters. The Kier molecular flexibility index (Phi) is 4.54. The van der Waals surface area contributed by atoms with Gasteiger partial charge in [0.15, 0.2) is 0 Å². The van der Waals surface area contributed by atoms with E-state index in [2.05, 4.69) is 4.72 Å². The number of rotatable bonds is 4. The van der Waals surface area contributed by atoms with E-state index in [-0.39, 0.29) is 10.5 Å². The third-order valence-electron chi connectivity index (χ3n) is 2.24. The second-order valence-electron chi connectivity index (χ2n) is 4.70. The van der Waals surface area contributed by atoms with Crippen LogP contribution >= 0.6 is 0 Å². The summed E-state index contributed by atoms with van der Waals surface area (Å²) in [5.74, 6) is 0.742. The topological polar surface area (TPSA) is 58.6 Å². The van der Waals surface area contributed by atoms with Crippen LogP contribution in [0.15, 0.2) is 18.2 Å². The summed E-state index contributed by atoms with van der Waals surface area (Å²) >= 11 is 0. The van der Waals surface area contributed by atoms with Crippen LogP contribution in [0.5, 0.6) is 11.5 Å². The van der Waals surface area contributed by atoms with Gasteiger partial charge in [-0.1, -0.05) is 6.07 Å². The van der Waals surface area contributed by atoms with Crippen molar-refractivity contribution in [1.82, 2.24) is 4.72 Å². The van der Waals surface area contributed by atoms with Gasteiger partial charge in [-0.25, -0.2) is 8.93 Å². The second-order valence-corrected chi connectivity index (χ2v) is 6.75. The smallest absolute Gasteiger partial charge is 0.123 e. The monoisotopic (exact) mass is 257 g/mol. The molecule has 1 aromatic carbocycles. The van der Waals surface area contributed by atoms with Gasteiger partial charge in [-0.3, -0.25) is 0 Å². The number of phenolic OH excluding ortho intramolecular Hbond substituents is 1. The third kappa shape index (κ3) is 4.02. The number of aromatic hydroxyl groups is 1. The quantitative estimate of drug-likeness (QED) is 0.866. The number of hydrogen-bond acceptors (Lipinski definition) is 3.